The summed E-state index contributed by atoms with van der Waals surface area (Å²) in [5.74, 6) is 0.114. The van der Waals surface area contributed by atoms with E-state index in [2.05, 4.69) is 10.3 Å². The highest BCUT2D eigenvalue weighted by molar-refractivity contribution is 5.59. The molecule has 0 atom stereocenters. The van der Waals surface area contributed by atoms with Gasteiger partial charge in [-0.15, -0.1) is 0 Å². The average molecular weight is 214 g/mol. The van der Waals surface area contributed by atoms with Gasteiger partial charge in [0, 0.05) is 14.2 Å². The smallest absolute Gasteiger partial charge is 0.330 e. The first-order valence-corrected chi connectivity index (χ1v) is 4.41. The zero-order valence-electron chi connectivity index (χ0n) is 8.66. The van der Waals surface area contributed by atoms with E-state index in [0.29, 0.717) is 13.2 Å². The molecule has 4 N–H and O–H groups in total. The van der Waals surface area contributed by atoms with Gasteiger partial charge in [0.25, 0.3) is 5.56 Å². The van der Waals surface area contributed by atoms with Crippen LogP contribution in [0.1, 0.15) is 0 Å². The third-order valence-electron chi connectivity index (χ3n) is 2.01. The van der Waals surface area contributed by atoms with Gasteiger partial charge < -0.3 is 15.8 Å². The Morgan fingerprint density at radius 2 is 2.20 bits per heavy atom. The van der Waals surface area contributed by atoms with Crippen molar-refractivity contribution in [2.75, 3.05) is 31.8 Å². The third kappa shape index (κ3) is 2.18. The minimum atomic E-state index is -0.534. The minimum absolute atomic E-state index is 0.114. The first-order chi connectivity index (χ1) is 7.11. The van der Waals surface area contributed by atoms with Crippen LogP contribution in [0.4, 0.5) is 11.5 Å². The maximum Gasteiger partial charge on any atom is 0.330 e. The van der Waals surface area contributed by atoms with Crippen molar-refractivity contribution in [2.24, 2.45) is 0 Å². The molecular weight excluding hydrogens is 200 g/mol. The topological polar surface area (TPSA) is 102 Å². The normalized spacial score (nSPS) is 10.3. The number of anilines is 2. The summed E-state index contributed by atoms with van der Waals surface area (Å²) in [5, 5.41) is 2.64. The van der Waals surface area contributed by atoms with Crippen LogP contribution in [0.2, 0.25) is 0 Å². The fraction of sp³-hybridized carbons (Fsp3) is 0.500. The Balaban J connectivity index is 3.26. The van der Waals surface area contributed by atoms with E-state index in [-0.39, 0.29) is 11.5 Å². The summed E-state index contributed by atoms with van der Waals surface area (Å²) in [5.41, 5.74) is 4.79. The molecule has 84 valence electrons. The number of rotatable bonds is 4. The second kappa shape index (κ2) is 4.65. The molecule has 1 aromatic heterocycles. The molecule has 7 nitrogen and oxygen atoms in total. The molecule has 15 heavy (non-hydrogen) atoms. The molecule has 1 rings (SSSR count). The Labute approximate surface area is 85.9 Å². The van der Waals surface area contributed by atoms with Crippen molar-refractivity contribution in [1.82, 2.24) is 9.55 Å². The van der Waals surface area contributed by atoms with Crippen LogP contribution in [0.3, 0.4) is 0 Å². The minimum Gasteiger partial charge on any atom is -0.383 e. The Hall–Kier alpha value is -1.76. The van der Waals surface area contributed by atoms with Gasteiger partial charge in [0.15, 0.2) is 0 Å². The van der Waals surface area contributed by atoms with Crippen LogP contribution >= 0.6 is 0 Å². The molecule has 0 amide bonds. The zero-order valence-corrected chi connectivity index (χ0v) is 8.66. The molecular formula is C8H14N4O3. The van der Waals surface area contributed by atoms with Crippen LogP contribution in [-0.4, -0.2) is 30.3 Å². The molecule has 0 spiro atoms. The number of nitrogens with two attached hydrogens (primary N) is 1. The molecule has 0 saturated heterocycles. The summed E-state index contributed by atoms with van der Waals surface area (Å²) in [7, 11) is 3.08. The first-order valence-electron chi connectivity index (χ1n) is 4.41. The highest BCUT2D eigenvalue weighted by Crippen LogP contribution is 2.07. The molecule has 7 heteroatoms. The predicted molar refractivity (Wildman–Crippen MR) is 57.2 cm³/mol. The molecule has 0 radical (unpaired) electrons. The summed E-state index contributed by atoms with van der Waals surface area (Å²) in [6.07, 6.45) is 0. The van der Waals surface area contributed by atoms with E-state index >= 15 is 0 Å². The quantitative estimate of drug-likeness (QED) is 0.584. The van der Waals surface area contributed by atoms with Crippen molar-refractivity contribution in [3.05, 3.63) is 20.8 Å². The lowest BCUT2D eigenvalue weighted by molar-refractivity contribution is 0.186. The van der Waals surface area contributed by atoms with Crippen molar-refractivity contribution < 1.29 is 4.74 Å². The summed E-state index contributed by atoms with van der Waals surface area (Å²) in [4.78, 5) is 24.8. The molecule has 0 aliphatic heterocycles. The van der Waals surface area contributed by atoms with E-state index in [1.54, 1.807) is 7.05 Å². The van der Waals surface area contributed by atoms with Gasteiger partial charge in [0.05, 0.1) is 13.2 Å². The van der Waals surface area contributed by atoms with E-state index in [1.807, 2.05) is 0 Å². The Kier molecular flexibility index (Phi) is 3.51. The lowest BCUT2D eigenvalue weighted by Crippen LogP contribution is -2.34. The molecule has 0 bridgehead atoms. The monoisotopic (exact) mass is 214 g/mol. The van der Waals surface area contributed by atoms with Gasteiger partial charge in [-0.2, -0.15) is 0 Å². The summed E-state index contributed by atoms with van der Waals surface area (Å²) in [6, 6.07) is 0. The molecule has 0 aromatic carbocycles. The number of hydrogen-bond donors (Lipinski definition) is 3. The third-order valence-corrected chi connectivity index (χ3v) is 2.01. The fourth-order valence-corrected chi connectivity index (χ4v) is 1.23. The van der Waals surface area contributed by atoms with Crippen molar-refractivity contribution in [2.45, 2.75) is 6.54 Å². The van der Waals surface area contributed by atoms with Crippen LogP contribution in [0, 0.1) is 0 Å². The average Bonchev–Trinajstić information content (AvgIpc) is 2.17. The van der Waals surface area contributed by atoms with Gasteiger partial charge in [-0.25, -0.2) is 4.79 Å². The van der Waals surface area contributed by atoms with Gasteiger partial charge in [-0.05, 0) is 0 Å². The lowest BCUT2D eigenvalue weighted by atomic mass is 10.4. The second-order valence-corrected chi connectivity index (χ2v) is 2.91. The number of nitrogens with zero attached hydrogens (tertiary/aromatic N) is 1. The maximum atomic E-state index is 11.4. The number of nitrogen functional groups attached to an aromatic ring is 1. The number of nitrogens with one attached hydrogen (secondary N) is 2. The number of methoxy groups -OCH3 is 1. The molecule has 0 aliphatic rings. The van der Waals surface area contributed by atoms with Crippen molar-refractivity contribution in [3.63, 3.8) is 0 Å². The summed E-state index contributed by atoms with van der Waals surface area (Å²) in [6.45, 7) is 0.645. The number of H-pyrrole nitrogens is 1. The van der Waals surface area contributed by atoms with E-state index < -0.39 is 11.2 Å². The molecule has 0 aliphatic carbocycles. The highest BCUT2D eigenvalue weighted by atomic mass is 16.5. The Morgan fingerprint density at radius 3 is 2.73 bits per heavy atom. The van der Waals surface area contributed by atoms with Crippen LogP contribution in [0.25, 0.3) is 0 Å². The predicted octanol–water partition coefficient (Wildman–Crippen LogP) is -1.19. The van der Waals surface area contributed by atoms with Crippen molar-refractivity contribution in [3.8, 4) is 0 Å². The molecule has 0 saturated carbocycles. The molecule has 0 unspecified atom stereocenters. The van der Waals surface area contributed by atoms with Gasteiger partial charge in [0.2, 0.25) is 0 Å². The molecule has 0 fully saturated rings. The maximum absolute atomic E-state index is 11.4. The largest absolute Gasteiger partial charge is 0.383 e. The summed E-state index contributed by atoms with van der Waals surface area (Å²) < 4.78 is 6.08. The number of hydrogen-bond acceptors (Lipinski definition) is 5. The van der Waals surface area contributed by atoms with Gasteiger partial charge >= 0.3 is 5.69 Å². The Morgan fingerprint density at radius 1 is 1.53 bits per heavy atom. The fourth-order valence-electron chi connectivity index (χ4n) is 1.23. The van der Waals surface area contributed by atoms with E-state index in [1.165, 1.54) is 11.7 Å². The number of aromatic nitrogens is 2. The first kappa shape index (κ1) is 11.3. The summed E-state index contributed by atoms with van der Waals surface area (Å²) >= 11 is 0. The van der Waals surface area contributed by atoms with Crippen LogP contribution in [0.15, 0.2) is 9.59 Å². The lowest BCUT2D eigenvalue weighted by Gasteiger charge is -2.11. The van der Waals surface area contributed by atoms with Crippen LogP contribution in [0.5, 0.6) is 0 Å². The molecule has 1 aromatic rings. The van der Waals surface area contributed by atoms with E-state index in [0.717, 1.165) is 0 Å². The van der Waals surface area contributed by atoms with Gasteiger partial charge in [0.1, 0.15) is 11.5 Å². The standard InChI is InChI=1S/C8H14N4O3/c1-10-5-6(9)12(3-4-15-2)8(14)11-7(5)13/h10H,3-4,9H2,1-2H3,(H,11,13,14). The number of aromatic amines is 1. The van der Waals surface area contributed by atoms with Crippen LogP contribution < -0.4 is 22.3 Å². The Bertz CT molecular complexity index is 448. The number of ether oxygens (including phenoxy) is 1. The zero-order chi connectivity index (χ0) is 11.4. The van der Waals surface area contributed by atoms with Crippen molar-refractivity contribution >= 4 is 11.5 Å². The van der Waals surface area contributed by atoms with Gasteiger partial charge in [-0.3, -0.25) is 14.3 Å². The molecule has 1 heterocycles. The van der Waals surface area contributed by atoms with Crippen molar-refractivity contribution in [1.29, 1.82) is 0 Å². The highest BCUT2D eigenvalue weighted by Gasteiger charge is 2.09. The van der Waals surface area contributed by atoms with E-state index in [4.69, 9.17) is 10.5 Å². The van der Waals surface area contributed by atoms with Crippen LogP contribution in [-0.2, 0) is 11.3 Å². The second-order valence-electron chi connectivity index (χ2n) is 2.91. The van der Waals surface area contributed by atoms with E-state index in [9.17, 15) is 9.59 Å². The van der Waals surface area contributed by atoms with Gasteiger partial charge in [-0.1, -0.05) is 0 Å². The SMILES string of the molecule is CNc1c(N)n(CCOC)c(=O)[nH]c1=O.